The average molecular weight is 231 g/mol. The van der Waals surface area contributed by atoms with Crippen LogP contribution in [0.25, 0.3) is 11.6 Å². The van der Waals surface area contributed by atoms with Gasteiger partial charge in [-0.05, 0) is 31.9 Å². The predicted octanol–water partition coefficient (Wildman–Crippen LogP) is 1.26. The quantitative estimate of drug-likeness (QED) is 0.838. The van der Waals surface area contributed by atoms with Gasteiger partial charge in [0.05, 0.1) is 6.04 Å². The lowest BCUT2D eigenvalue weighted by Gasteiger charge is -2.01. The summed E-state index contributed by atoms with van der Waals surface area (Å²) in [6.07, 6.45) is 5.66. The van der Waals surface area contributed by atoms with Gasteiger partial charge in [0.1, 0.15) is 0 Å². The number of aryl methyl sites for hydroxylation is 1. The monoisotopic (exact) mass is 231 g/mol. The molecule has 0 aliphatic carbocycles. The van der Waals surface area contributed by atoms with E-state index in [2.05, 4.69) is 25.4 Å². The Kier molecular flexibility index (Phi) is 2.56. The molecule has 0 radical (unpaired) electrons. The van der Waals surface area contributed by atoms with E-state index in [0.717, 1.165) is 24.9 Å². The first kappa shape index (κ1) is 10.3. The second kappa shape index (κ2) is 4.21. The van der Waals surface area contributed by atoms with Crippen molar-refractivity contribution in [3.8, 4) is 11.6 Å². The molecular formula is C11H13N5O. The first-order valence-corrected chi connectivity index (χ1v) is 5.69. The van der Waals surface area contributed by atoms with Gasteiger partial charge in [-0.25, -0.2) is 9.97 Å². The Morgan fingerprint density at radius 2 is 2.12 bits per heavy atom. The first-order valence-electron chi connectivity index (χ1n) is 5.69. The van der Waals surface area contributed by atoms with Crippen molar-refractivity contribution in [2.24, 2.45) is 0 Å². The van der Waals surface area contributed by atoms with Gasteiger partial charge in [-0.1, -0.05) is 5.16 Å². The standard InChI is InChI=1S/C11H13N5O/c1-7-5-13-9(14-6-7)10-15-11(17-16-10)8-3-2-4-12-8/h5-6,8,12H,2-4H2,1H3/t8-/m1/s1. The Morgan fingerprint density at radius 3 is 2.82 bits per heavy atom. The lowest BCUT2D eigenvalue weighted by molar-refractivity contribution is 0.344. The molecule has 88 valence electrons. The van der Waals surface area contributed by atoms with Crippen LogP contribution >= 0.6 is 0 Å². The molecule has 1 aliphatic rings. The molecule has 1 saturated heterocycles. The molecule has 2 aromatic rings. The summed E-state index contributed by atoms with van der Waals surface area (Å²) in [5, 5.41) is 7.22. The van der Waals surface area contributed by atoms with Crippen molar-refractivity contribution < 1.29 is 4.52 Å². The van der Waals surface area contributed by atoms with Gasteiger partial charge in [-0.2, -0.15) is 4.98 Å². The Labute approximate surface area is 98.5 Å². The van der Waals surface area contributed by atoms with E-state index in [1.165, 1.54) is 0 Å². The molecule has 0 amide bonds. The topological polar surface area (TPSA) is 76.7 Å². The highest BCUT2D eigenvalue weighted by molar-refractivity contribution is 5.41. The summed E-state index contributed by atoms with van der Waals surface area (Å²) < 4.78 is 5.23. The number of rotatable bonds is 2. The van der Waals surface area contributed by atoms with Crippen LogP contribution in [0.5, 0.6) is 0 Å². The van der Waals surface area contributed by atoms with E-state index in [9.17, 15) is 0 Å². The molecule has 0 unspecified atom stereocenters. The smallest absolute Gasteiger partial charge is 0.244 e. The van der Waals surface area contributed by atoms with Crippen LogP contribution in [-0.4, -0.2) is 26.7 Å². The summed E-state index contributed by atoms with van der Waals surface area (Å²) in [6, 6.07) is 0.182. The fraction of sp³-hybridized carbons (Fsp3) is 0.455. The molecule has 3 rings (SSSR count). The number of nitrogens with one attached hydrogen (secondary N) is 1. The van der Waals surface area contributed by atoms with Gasteiger partial charge in [0.25, 0.3) is 0 Å². The summed E-state index contributed by atoms with van der Waals surface area (Å²) in [5.41, 5.74) is 1.01. The maximum absolute atomic E-state index is 5.23. The third-order valence-corrected chi connectivity index (χ3v) is 2.78. The van der Waals surface area contributed by atoms with E-state index in [4.69, 9.17) is 4.52 Å². The second-order valence-electron chi connectivity index (χ2n) is 4.19. The van der Waals surface area contributed by atoms with Gasteiger partial charge in [-0.15, -0.1) is 0 Å². The molecule has 0 bridgehead atoms. The molecule has 1 N–H and O–H groups in total. The molecule has 1 atom stereocenters. The van der Waals surface area contributed by atoms with E-state index in [1.54, 1.807) is 12.4 Å². The highest BCUT2D eigenvalue weighted by Crippen LogP contribution is 2.22. The van der Waals surface area contributed by atoms with Crippen molar-refractivity contribution in [2.75, 3.05) is 6.54 Å². The third-order valence-electron chi connectivity index (χ3n) is 2.78. The van der Waals surface area contributed by atoms with Crippen molar-refractivity contribution in [1.29, 1.82) is 0 Å². The maximum Gasteiger partial charge on any atom is 0.244 e. The van der Waals surface area contributed by atoms with E-state index in [0.29, 0.717) is 17.5 Å². The Balaban J connectivity index is 1.86. The summed E-state index contributed by atoms with van der Waals surface area (Å²) in [6.45, 7) is 2.94. The molecular weight excluding hydrogens is 218 g/mol. The largest absolute Gasteiger partial charge is 0.337 e. The summed E-state index contributed by atoms with van der Waals surface area (Å²) in [5.74, 6) is 1.58. The Bertz CT molecular complexity index is 501. The van der Waals surface area contributed by atoms with Crippen LogP contribution in [0, 0.1) is 6.92 Å². The Hall–Kier alpha value is -1.82. The van der Waals surface area contributed by atoms with Gasteiger partial charge >= 0.3 is 0 Å². The van der Waals surface area contributed by atoms with E-state index in [-0.39, 0.29) is 6.04 Å². The van der Waals surface area contributed by atoms with Gasteiger partial charge in [-0.3, -0.25) is 0 Å². The third kappa shape index (κ3) is 2.03. The van der Waals surface area contributed by atoms with E-state index < -0.39 is 0 Å². The molecule has 6 nitrogen and oxygen atoms in total. The van der Waals surface area contributed by atoms with Crippen LogP contribution in [0.3, 0.4) is 0 Å². The number of hydrogen-bond donors (Lipinski definition) is 1. The number of hydrogen-bond acceptors (Lipinski definition) is 6. The summed E-state index contributed by atoms with van der Waals surface area (Å²) in [7, 11) is 0. The number of aromatic nitrogens is 4. The van der Waals surface area contributed by atoms with Crippen LogP contribution in [-0.2, 0) is 0 Å². The highest BCUT2D eigenvalue weighted by Gasteiger charge is 2.23. The van der Waals surface area contributed by atoms with E-state index >= 15 is 0 Å². The van der Waals surface area contributed by atoms with Crippen molar-refractivity contribution in [2.45, 2.75) is 25.8 Å². The first-order chi connectivity index (χ1) is 8.33. The zero-order chi connectivity index (χ0) is 11.7. The zero-order valence-corrected chi connectivity index (χ0v) is 9.55. The van der Waals surface area contributed by atoms with Crippen LogP contribution in [0.15, 0.2) is 16.9 Å². The predicted molar refractivity (Wildman–Crippen MR) is 60.0 cm³/mol. The lowest BCUT2D eigenvalue weighted by Crippen LogP contribution is -2.13. The van der Waals surface area contributed by atoms with Crippen molar-refractivity contribution in [3.63, 3.8) is 0 Å². The van der Waals surface area contributed by atoms with Gasteiger partial charge < -0.3 is 9.84 Å². The minimum absolute atomic E-state index is 0.182. The normalized spacial score (nSPS) is 19.7. The molecule has 17 heavy (non-hydrogen) atoms. The molecule has 0 spiro atoms. The minimum atomic E-state index is 0.182. The zero-order valence-electron chi connectivity index (χ0n) is 9.55. The fourth-order valence-corrected chi connectivity index (χ4v) is 1.87. The van der Waals surface area contributed by atoms with Crippen LogP contribution in [0.1, 0.15) is 30.3 Å². The summed E-state index contributed by atoms with van der Waals surface area (Å²) >= 11 is 0. The Morgan fingerprint density at radius 1 is 1.29 bits per heavy atom. The van der Waals surface area contributed by atoms with Crippen LogP contribution in [0.2, 0.25) is 0 Å². The van der Waals surface area contributed by atoms with E-state index in [1.807, 2.05) is 6.92 Å². The lowest BCUT2D eigenvalue weighted by atomic mass is 10.2. The molecule has 1 fully saturated rings. The van der Waals surface area contributed by atoms with Crippen molar-refractivity contribution in [3.05, 3.63) is 23.8 Å². The molecule has 0 saturated carbocycles. The van der Waals surface area contributed by atoms with Gasteiger partial charge in [0.15, 0.2) is 0 Å². The average Bonchev–Trinajstić information content (AvgIpc) is 3.00. The maximum atomic E-state index is 5.23. The molecule has 0 aromatic carbocycles. The van der Waals surface area contributed by atoms with Crippen LogP contribution < -0.4 is 5.32 Å². The van der Waals surface area contributed by atoms with Crippen molar-refractivity contribution in [1.82, 2.24) is 25.4 Å². The van der Waals surface area contributed by atoms with Crippen LogP contribution in [0.4, 0.5) is 0 Å². The highest BCUT2D eigenvalue weighted by atomic mass is 16.5. The van der Waals surface area contributed by atoms with Gasteiger partial charge in [0, 0.05) is 12.4 Å². The fourth-order valence-electron chi connectivity index (χ4n) is 1.87. The molecule has 3 heterocycles. The number of nitrogens with zero attached hydrogens (tertiary/aromatic N) is 4. The van der Waals surface area contributed by atoms with Gasteiger partial charge in [0.2, 0.25) is 17.5 Å². The summed E-state index contributed by atoms with van der Waals surface area (Å²) in [4.78, 5) is 12.7. The van der Waals surface area contributed by atoms with Crippen molar-refractivity contribution >= 4 is 0 Å². The molecule has 1 aliphatic heterocycles. The molecule has 6 heteroatoms. The SMILES string of the molecule is Cc1cnc(-c2noc([C@H]3CCCN3)n2)nc1. The second-order valence-corrected chi connectivity index (χ2v) is 4.19. The minimum Gasteiger partial charge on any atom is -0.337 e. The molecule has 2 aromatic heterocycles.